The number of benzene rings is 2. The predicted octanol–water partition coefficient (Wildman–Crippen LogP) is 3.88. The quantitative estimate of drug-likeness (QED) is 0.505. The maximum absolute atomic E-state index is 14.0. The Hall–Kier alpha value is -3.79. The fourth-order valence-electron chi connectivity index (χ4n) is 4.20. The van der Waals surface area contributed by atoms with Gasteiger partial charge >= 0.3 is 0 Å². The highest BCUT2D eigenvalue weighted by Gasteiger charge is 2.32. The number of primary amides is 1. The fourth-order valence-corrected chi connectivity index (χ4v) is 4.20. The highest BCUT2D eigenvalue weighted by atomic mass is 19.3. The van der Waals surface area contributed by atoms with Gasteiger partial charge in [-0.1, -0.05) is 36.4 Å². The summed E-state index contributed by atoms with van der Waals surface area (Å²) in [7, 11) is 1.49. The van der Waals surface area contributed by atoms with E-state index >= 15 is 0 Å². The zero-order valence-corrected chi connectivity index (χ0v) is 19.2. The van der Waals surface area contributed by atoms with Crippen LogP contribution in [0.4, 0.5) is 8.78 Å². The predicted molar refractivity (Wildman–Crippen MR) is 124 cm³/mol. The van der Waals surface area contributed by atoms with Crippen LogP contribution in [0.25, 0.3) is 11.3 Å². The molecule has 0 saturated carbocycles. The van der Waals surface area contributed by atoms with Crippen LogP contribution in [0.1, 0.15) is 57.3 Å². The first-order valence-corrected chi connectivity index (χ1v) is 11.2. The van der Waals surface area contributed by atoms with Gasteiger partial charge in [-0.3, -0.25) is 14.3 Å². The molecule has 1 fully saturated rings. The molecule has 0 bridgehead atoms. The van der Waals surface area contributed by atoms with Crippen molar-refractivity contribution in [2.24, 2.45) is 5.73 Å². The average Bonchev–Trinajstić information content (AvgIpc) is 3.29. The fraction of sp³-hybridized carbons (Fsp3) is 0.320. The van der Waals surface area contributed by atoms with E-state index in [1.165, 1.54) is 11.8 Å². The number of nitrogens with one attached hydrogen (secondary N) is 1. The number of carbonyl (C=O) groups excluding carboxylic acids is 2. The summed E-state index contributed by atoms with van der Waals surface area (Å²) >= 11 is 0. The molecule has 2 amide bonds. The largest absolute Gasteiger partial charge is 0.496 e. The van der Waals surface area contributed by atoms with Gasteiger partial charge in [0.1, 0.15) is 17.1 Å². The minimum absolute atomic E-state index is 0.115. The van der Waals surface area contributed by atoms with E-state index in [0.29, 0.717) is 42.9 Å². The Balaban J connectivity index is 1.57. The second-order valence-corrected chi connectivity index (χ2v) is 8.14. The van der Waals surface area contributed by atoms with Crippen LogP contribution in [0.15, 0.2) is 48.5 Å². The Kier molecular flexibility index (Phi) is 7.40. The van der Waals surface area contributed by atoms with Crippen LogP contribution >= 0.6 is 0 Å². The molecule has 0 aliphatic carbocycles. The minimum Gasteiger partial charge on any atom is -0.496 e. The zero-order valence-electron chi connectivity index (χ0n) is 19.2. The Morgan fingerprint density at radius 3 is 2.49 bits per heavy atom. The number of methoxy groups -OCH3 is 1. The van der Waals surface area contributed by atoms with Crippen LogP contribution in [0.2, 0.25) is 0 Å². The van der Waals surface area contributed by atoms with Gasteiger partial charge in [0, 0.05) is 25.3 Å². The summed E-state index contributed by atoms with van der Waals surface area (Å²) in [5.41, 5.74) is 6.55. The molecular weight excluding hydrogens is 458 g/mol. The molecule has 1 saturated heterocycles. The maximum Gasteiger partial charge on any atom is 0.280 e. The number of nitrogens with two attached hydrogens (primary N) is 1. The lowest BCUT2D eigenvalue weighted by atomic mass is 10.0. The van der Waals surface area contributed by atoms with Crippen LogP contribution in [-0.2, 0) is 11.3 Å². The number of nitrogens with zero attached hydrogens (tertiary/aromatic N) is 2. The van der Waals surface area contributed by atoms with E-state index in [0.717, 1.165) is 5.56 Å². The Morgan fingerprint density at radius 1 is 1.17 bits per heavy atom. The minimum atomic E-state index is -2.91. The number of rotatable bonds is 8. The molecular formula is C25H26F2N4O4. The normalized spacial score (nSPS) is 14.2. The molecule has 0 radical (unpaired) electrons. The molecule has 0 atom stereocenters. The highest BCUT2D eigenvalue weighted by Crippen LogP contribution is 2.35. The van der Waals surface area contributed by atoms with Crippen molar-refractivity contribution in [2.45, 2.75) is 31.9 Å². The number of halogens is 2. The Labute approximate surface area is 201 Å². The van der Waals surface area contributed by atoms with Gasteiger partial charge in [-0.05, 0) is 30.5 Å². The second kappa shape index (κ2) is 10.6. The molecule has 35 heavy (non-hydrogen) atoms. The standard InChI is InChI=1S/C25H26F2N4O4/c1-34-19-5-3-2-4-18(19)25(33)29-14-15-6-8-16(9-7-15)21-20(24(28)32)22(23(26)27)31(30-21)17-10-12-35-13-11-17/h2-9,17,23H,10-14H2,1H3,(H2,28,32)(H,29,33). The molecule has 0 unspecified atom stereocenters. The van der Waals surface area contributed by atoms with Crippen molar-refractivity contribution in [2.75, 3.05) is 20.3 Å². The van der Waals surface area contributed by atoms with Gasteiger partial charge in [0.2, 0.25) is 0 Å². The molecule has 2 heterocycles. The smallest absolute Gasteiger partial charge is 0.280 e. The number of amides is 2. The van der Waals surface area contributed by atoms with E-state index in [2.05, 4.69) is 10.4 Å². The number of alkyl halides is 2. The lowest BCUT2D eigenvalue weighted by Crippen LogP contribution is -2.23. The number of carbonyl (C=O) groups is 2. The number of para-hydroxylation sites is 1. The van der Waals surface area contributed by atoms with E-state index in [1.54, 1.807) is 48.5 Å². The number of ether oxygens (including phenoxy) is 2. The van der Waals surface area contributed by atoms with Gasteiger partial charge in [-0.25, -0.2) is 8.78 Å². The summed E-state index contributed by atoms with van der Waals surface area (Å²) in [5.74, 6) is -0.782. The number of aromatic nitrogens is 2. The van der Waals surface area contributed by atoms with Gasteiger partial charge in [0.05, 0.1) is 24.3 Å². The van der Waals surface area contributed by atoms with Crippen molar-refractivity contribution in [1.29, 1.82) is 0 Å². The van der Waals surface area contributed by atoms with Gasteiger partial charge in [0.15, 0.2) is 0 Å². The number of hydrogen-bond acceptors (Lipinski definition) is 5. The lowest BCUT2D eigenvalue weighted by molar-refractivity contribution is 0.0593. The third-order valence-corrected chi connectivity index (χ3v) is 5.97. The highest BCUT2D eigenvalue weighted by molar-refractivity contribution is 6.00. The van der Waals surface area contributed by atoms with Gasteiger partial charge in [0.25, 0.3) is 18.2 Å². The third kappa shape index (κ3) is 5.17. The van der Waals surface area contributed by atoms with Crippen molar-refractivity contribution in [3.63, 3.8) is 0 Å². The van der Waals surface area contributed by atoms with Crippen molar-refractivity contribution in [3.05, 3.63) is 70.9 Å². The molecule has 10 heteroatoms. The molecule has 184 valence electrons. The molecule has 0 spiro atoms. The molecule has 1 aliphatic rings. The maximum atomic E-state index is 14.0. The van der Waals surface area contributed by atoms with E-state index in [9.17, 15) is 18.4 Å². The van der Waals surface area contributed by atoms with Crippen molar-refractivity contribution >= 4 is 11.8 Å². The van der Waals surface area contributed by atoms with E-state index in [1.807, 2.05) is 0 Å². The Morgan fingerprint density at radius 2 is 1.86 bits per heavy atom. The van der Waals surface area contributed by atoms with Crippen LogP contribution in [-0.4, -0.2) is 41.9 Å². The van der Waals surface area contributed by atoms with E-state index < -0.39 is 18.0 Å². The summed E-state index contributed by atoms with van der Waals surface area (Å²) in [5, 5.41) is 7.23. The number of hydrogen-bond donors (Lipinski definition) is 2. The SMILES string of the molecule is COc1ccccc1C(=O)NCc1ccc(-c2nn(C3CCOCC3)c(C(F)F)c2C(N)=O)cc1. The van der Waals surface area contributed by atoms with Crippen LogP contribution < -0.4 is 15.8 Å². The molecule has 1 aromatic heterocycles. The summed E-state index contributed by atoms with van der Waals surface area (Å²) in [6, 6.07) is 13.4. The summed E-state index contributed by atoms with van der Waals surface area (Å²) in [6.45, 7) is 1.10. The molecule has 3 aromatic rings. The van der Waals surface area contributed by atoms with Crippen LogP contribution in [0, 0.1) is 0 Å². The lowest BCUT2D eigenvalue weighted by Gasteiger charge is -2.24. The Bertz CT molecular complexity index is 1200. The first kappa shape index (κ1) is 24.3. The van der Waals surface area contributed by atoms with Gasteiger partial charge < -0.3 is 20.5 Å². The van der Waals surface area contributed by atoms with Crippen molar-refractivity contribution < 1.29 is 27.8 Å². The average molecular weight is 485 g/mol. The first-order valence-electron chi connectivity index (χ1n) is 11.2. The van der Waals surface area contributed by atoms with E-state index in [4.69, 9.17) is 15.2 Å². The van der Waals surface area contributed by atoms with Crippen LogP contribution in [0.3, 0.4) is 0 Å². The second-order valence-electron chi connectivity index (χ2n) is 8.14. The summed E-state index contributed by atoms with van der Waals surface area (Å²) in [6.07, 6.45) is -1.88. The summed E-state index contributed by atoms with van der Waals surface area (Å²) < 4.78 is 39.8. The van der Waals surface area contributed by atoms with Gasteiger partial charge in [-0.2, -0.15) is 5.10 Å². The van der Waals surface area contributed by atoms with Crippen molar-refractivity contribution in [3.8, 4) is 17.0 Å². The zero-order chi connectivity index (χ0) is 24.9. The molecule has 4 rings (SSSR count). The molecule has 3 N–H and O–H groups in total. The topological polar surface area (TPSA) is 108 Å². The molecule has 1 aliphatic heterocycles. The third-order valence-electron chi connectivity index (χ3n) is 5.97. The summed E-state index contributed by atoms with van der Waals surface area (Å²) in [4.78, 5) is 24.7. The van der Waals surface area contributed by atoms with Gasteiger partial charge in [-0.15, -0.1) is 0 Å². The molecule has 8 nitrogen and oxygen atoms in total. The monoisotopic (exact) mass is 484 g/mol. The van der Waals surface area contributed by atoms with E-state index in [-0.39, 0.29) is 29.8 Å². The van der Waals surface area contributed by atoms with Crippen LogP contribution in [0.5, 0.6) is 5.75 Å². The molecule has 2 aromatic carbocycles. The first-order chi connectivity index (χ1) is 16.9. The van der Waals surface area contributed by atoms with Crippen molar-refractivity contribution in [1.82, 2.24) is 15.1 Å².